The highest BCUT2D eigenvalue weighted by molar-refractivity contribution is 7.91. The lowest BCUT2D eigenvalue weighted by atomic mass is 9.97. The number of aromatic nitrogens is 2. The van der Waals surface area contributed by atoms with Crippen molar-refractivity contribution in [3.63, 3.8) is 0 Å². The molecular formula is C22H26N4O4S2. The Balaban J connectivity index is 1.34. The molecule has 4 rings (SSSR count). The lowest BCUT2D eigenvalue weighted by molar-refractivity contribution is -0.120. The first-order chi connectivity index (χ1) is 15.1. The molecule has 10 heteroatoms. The van der Waals surface area contributed by atoms with Crippen LogP contribution in [0.1, 0.15) is 39.5 Å². The molecule has 2 aromatic heterocycles. The van der Waals surface area contributed by atoms with Crippen LogP contribution in [0.3, 0.4) is 0 Å². The van der Waals surface area contributed by atoms with Crippen molar-refractivity contribution in [1.82, 2.24) is 14.4 Å². The van der Waals surface area contributed by atoms with Crippen LogP contribution in [-0.2, 0) is 20.2 Å². The van der Waals surface area contributed by atoms with Crippen LogP contribution >= 0.6 is 11.3 Å². The van der Waals surface area contributed by atoms with Crippen molar-refractivity contribution < 1.29 is 17.7 Å². The SMILES string of the molecule is CC(C)(C)c1nc(-c2ccc(NC(=O)C3CCN(S(=O)(=O)c4cccs4)CC3)cc2)no1. The van der Waals surface area contributed by atoms with Crippen LogP contribution in [0, 0.1) is 5.92 Å². The van der Waals surface area contributed by atoms with E-state index in [9.17, 15) is 13.2 Å². The molecule has 0 bridgehead atoms. The molecule has 1 saturated heterocycles. The highest BCUT2D eigenvalue weighted by Crippen LogP contribution is 2.28. The van der Waals surface area contributed by atoms with Crippen molar-refractivity contribution in [2.75, 3.05) is 18.4 Å². The summed E-state index contributed by atoms with van der Waals surface area (Å²) in [6.45, 7) is 6.69. The summed E-state index contributed by atoms with van der Waals surface area (Å²) in [5.41, 5.74) is 1.25. The Labute approximate surface area is 191 Å². The Bertz CT molecular complexity index is 1170. The van der Waals surface area contributed by atoms with E-state index in [1.165, 1.54) is 15.6 Å². The summed E-state index contributed by atoms with van der Waals surface area (Å²) in [4.78, 5) is 17.1. The molecule has 0 atom stereocenters. The molecule has 1 amide bonds. The summed E-state index contributed by atoms with van der Waals surface area (Å²) < 4.78 is 32.4. The topological polar surface area (TPSA) is 105 Å². The molecule has 0 unspecified atom stereocenters. The van der Waals surface area contributed by atoms with E-state index in [4.69, 9.17) is 4.52 Å². The summed E-state index contributed by atoms with van der Waals surface area (Å²) in [6.07, 6.45) is 0.986. The first kappa shape index (κ1) is 22.6. The molecule has 0 spiro atoms. The molecular weight excluding hydrogens is 448 g/mol. The Morgan fingerprint density at radius 3 is 2.41 bits per heavy atom. The normalized spacial score (nSPS) is 16.2. The third-order valence-corrected chi connectivity index (χ3v) is 8.66. The number of nitrogens with one attached hydrogen (secondary N) is 1. The second kappa shape index (κ2) is 8.76. The molecule has 3 heterocycles. The van der Waals surface area contributed by atoms with Crippen LogP contribution in [0.4, 0.5) is 5.69 Å². The summed E-state index contributed by atoms with van der Waals surface area (Å²) in [5, 5.41) is 8.72. The van der Waals surface area contributed by atoms with Gasteiger partial charge in [0.1, 0.15) is 4.21 Å². The number of thiophene rings is 1. The predicted octanol–water partition coefficient (Wildman–Crippen LogP) is 4.14. The fraction of sp³-hybridized carbons (Fsp3) is 0.409. The quantitative estimate of drug-likeness (QED) is 0.596. The van der Waals surface area contributed by atoms with E-state index in [0.29, 0.717) is 47.5 Å². The molecule has 0 radical (unpaired) electrons. The van der Waals surface area contributed by atoms with Crippen LogP contribution in [0.25, 0.3) is 11.4 Å². The van der Waals surface area contributed by atoms with E-state index in [-0.39, 0.29) is 17.2 Å². The molecule has 1 aliphatic rings. The third kappa shape index (κ3) is 4.77. The number of carbonyl (C=O) groups excluding carboxylic acids is 1. The first-order valence-corrected chi connectivity index (χ1v) is 12.8. The lowest BCUT2D eigenvalue weighted by Gasteiger charge is -2.30. The number of carbonyl (C=O) groups is 1. The number of hydrogen-bond donors (Lipinski definition) is 1. The van der Waals surface area contributed by atoms with Gasteiger partial charge in [-0.2, -0.15) is 9.29 Å². The predicted molar refractivity (Wildman–Crippen MR) is 123 cm³/mol. The fourth-order valence-corrected chi connectivity index (χ4v) is 6.10. The number of sulfonamides is 1. The molecule has 1 fully saturated rings. The van der Waals surface area contributed by atoms with Crippen molar-refractivity contribution in [1.29, 1.82) is 0 Å². The van der Waals surface area contributed by atoms with Crippen molar-refractivity contribution in [3.05, 3.63) is 47.7 Å². The summed E-state index contributed by atoms with van der Waals surface area (Å²) in [5.74, 6) is 0.751. The van der Waals surface area contributed by atoms with Gasteiger partial charge in [-0.05, 0) is 48.6 Å². The highest BCUT2D eigenvalue weighted by atomic mass is 32.2. The van der Waals surface area contributed by atoms with Crippen molar-refractivity contribution in [2.24, 2.45) is 5.92 Å². The van der Waals surface area contributed by atoms with E-state index in [1.807, 2.05) is 32.9 Å². The number of anilines is 1. The number of benzene rings is 1. The van der Waals surface area contributed by atoms with Gasteiger partial charge in [0.15, 0.2) is 0 Å². The van der Waals surface area contributed by atoms with Gasteiger partial charge < -0.3 is 9.84 Å². The molecule has 1 N–H and O–H groups in total. The summed E-state index contributed by atoms with van der Waals surface area (Å²) in [7, 11) is -3.46. The smallest absolute Gasteiger partial charge is 0.252 e. The second-order valence-electron chi connectivity index (χ2n) is 8.85. The maximum Gasteiger partial charge on any atom is 0.252 e. The highest BCUT2D eigenvalue weighted by Gasteiger charge is 2.32. The molecule has 0 aliphatic carbocycles. The summed E-state index contributed by atoms with van der Waals surface area (Å²) >= 11 is 1.21. The van der Waals surface area contributed by atoms with Gasteiger partial charge in [-0.25, -0.2) is 8.42 Å². The Morgan fingerprint density at radius 1 is 1.16 bits per heavy atom. The molecule has 32 heavy (non-hydrogen) atoms. The Kier molecular flexibility index (Phi) is 6.19. The monoisotopic (exact) mass is 474 g/mol. The standard InChI is InChI=1S/C22H26N4O4S2/c1-22(2,3)21-24-19(25-30-21)15-6-8-17(9-7-15)23-20(27)16-10-12-26(13-11-16)32(28,29)18-5-4-14-31-18/h4-9,14,16H,10-13H2,1-3H3,(H,23,27). The van der Waals surface area contributed by atoms with E-state index >= 15 is 0 Å². The molecule has 3 aromatic rings. The average molecular weight is 475 g/mol. The molecule has 0 saturated carbocycles. The van der Waals surface area contributed by atoms with Gasteiger partial charge in [-0.15, -0.1) is 11.3 Å². The molecule has 1 aliphatic heterocycles. The van der Waals surface area contributed by atoms with Gasteiger partial charge >= 0.3 is 0 Å². The summed E-state index contributed by atoms with van der Waals surface area (Å²) in [6, 6.07) is 10.6. The maximum absolute atomic E-state index is 12.7. The van der Waals surface area contributed by atoms with Crippen LogP contribution < -0.4 is 5.32 Å². The Hall–Kier alpha value is -2.56. The van der Waals surface area contributed by atoms with Crippen molar-refractivity contribution in [3.8, 4) is 11.4 Å². The van der Waals surface area contributed by atoms with Gasteiger partial charge in [0.05, 0.1) is 0 Å². The first-order valence-electron chi connectivity index (χ1n) is 10.4. The van der Waals surface area contributed by atoms with Crippen molar-refractivity contribution in [2.45, 2.75) is 43.2 Å². The Morgan fingerprint density at radius 2 is 1.84 bits per heavy atom. The van der Waals surface area contributed by atoms with Gasteiger partial charge in [-0.3, -0.25) is 4.79 Å². The fourth-order valence-electron chi connectivity index (χ4n) is 3.49. The number of piperidine rings is 1. The van der Waals surface area contributed by atoms with Gasteiger partial charge in [0.2, 0.25) is 17.6 Å². The van der Waals surface area contributed by atoms with E-state index in [0.717, 1.165) is 5.56 Å². The van der Waals surface area contributed by atoms with Crippen LogP contribution in [0.5, 0.6) is 0 Å². The van der Waals surface area contributed by atoms with E-state index in [1.54, 1.807) is 29.6 Å². The minimum absolute atomic E-state index is 0.0968. The molecule has 170 valence electrons. The van der Waals surface area contributed by atoms with Gasteiger partial charge in [0.25, 0.3) is 10.0 Å². The van der Waals surface area contributed by atoms with Crippen LogP contribution in [0.15, 0.2) is 50.5 Å². The van der Waals surface area contributed by atoms with Gasteiger partial charge in [0, 0.05) is 35.7 Å². The second-order valence-corrected chi connectivity index (χ2v) is 12.0. The van der Waals surface area contributed by atoms with E-state index < -0.39 is 10.0 Å². The minimum atomic E-state index is -3.46. The molecule has 1 aromatic carbocycles. The zero-order chi connectivity index (χ0) is 22.9. The molecule has 8 nitrogen and oxygen atoms in total. The third-order valence-electron chi connectivity index (χ3n) is 5.39. The van der Waals surface area contributed by atoms with Crippen LogP contribution in [0.2, 0.25) is 0 Å². The van der Waals surface area contributed by atoms with Crippen LogP contribution in [-0.4, -0.2) is 41.9 Å². The average Bonchev–Trinajstić information content (AvgIpc) is 3.47. The lowest BCUT2D eigenvalue weighted by Crippen LogP contribution is -2.41. The zero-order valence-corrected chi connectivity index (χ0v) is 19.9. The van der Waals surface area contributed by atoms with Crippen molar-refractivity contribution >= 4 is 33.0 Å². The number of rotatable bonds is 5. The number of hydrogen-bond acceptors (Lipinski definition) is 7. The number of nitrogens with zero attached hydrogens (tertiary/aromatic N) is 3. The number of amides is 1. The zero-order valence-electron chi connectivity index (χ0n) is 18.2. The minimum Gasteiger partial charge on any atom is -0.338 e. The largest absolute Gasteiger partial charge is 0.338 e. The van der Waals surface area contributed by atoms with Gasteiger partial charge in [-0.1, -0.05) is 32.0 Å². The van der Waals surface area contributed by atoms with E-state index in [2.05, 4.69) is 15.5 Å². The maximum atomic E-state index is 12.7.